The van der Waals surface area contributed by atoms with Crippen LogP contribution in [0.2, 0.25) is 0 Å². The van der Waals surface area contributed by atoms with Gasteiger partial charge in [-0.1, -0.05) is 58.3 Å². The fourth-order valence-corrected chi connectivity index (χ4v) is 6.88. The SMILES string of the molecule is CCCCCCCCCCCC(=O)OCC(C)OC1CCN(c2c(F)cc3c4c2CCC(C)N4CC(C(=O)O)C3=O)CC1. The lowest BCUT2D eigenvalue weighted by atomic mass is 9.82. The summed E-state index contributed by atoms with van der Waals surface area (Å²) in [6.07, 6.45) is 14.0. The predicted molar refractivity (Wildman–Crippen MR) is 166 cm³/mol. The lowest BCUT2D eigenvalue weighted by Gasteiger charge is -2.45. The fraction of sp³-hybridized carbons (Fsp3) is 0.735. The number of ketones is 1. The molecular formula is C34H51FN2O6. The summed E-state index contributed by atoms with van der Waals surface area (Å²) in [4.78, 5) is 40.9. The molecule has 0 spiro atoms. The lowest BCUT2D eigenvalue weighted by molar-refractivity contribution is -0.149. The minimum Gasteiger partial charge on any atom is -0.481 e. The molecule has 43 heavy (non-hydrogen) atoms. The molecule has 4 rings (SSSR count). The van der Waals surface area contributed by atoms with Crippen LogP contribution in [0.3, 0.4) is 0 Å². The van der Waals surface area contributed by atoms with Crippen LogP contribution in [0.1, 0.15) is 120 Å². The summed E-state index contributed by atoms with van der Waals surface area (Å²) in [6.45, 7) is 7.76. The van der Waals surface area contributed by atoms with Gasteiger partial charge in [-0.15, -0.1) is 0 Å². The highest BCUT2D eigenvalue weighted by Crippen LogP contribution is 2.45. The van der Waals surface area contributed by atoms with E-state index >= 15 is 4.39 Å². The van der Waals surface area contributed by atoms with Gasteiger partial charge in [0, 0.05) is 43.2 Å². The third kappa shape index (κ3) is 8.49. The van der Waals surface area contributed by atoms with Gasteiger partial charge in [0.25, 0.3) is 0 Å². The normalized spacial score (nSPS) is 21.1. The summed E-state index contributed by atoms with van der Waals surface area (Å²) in [5.41, 5.74) is 2.26. The second kappa shape index (κ2) is 15.9. The molecule has 3 atom stereocenters. The van der Waals surface area contributed by atoms with E-state index in [9.17, 15) is 19.5 Å². The molecule has 0 amide bonds. The Labute approximate surface area is 256 Å². The molecule has 0 aliphatic carbocycles. The van der Waals surface area contributed by atoms with Gasteiger partial charge >= 0.3 is 11.9 Å². The number of hydrogen-bond donors (Lipinski definition) is 1. The number of esters is 1. The summed E-state index contributed by atoms with van der Waals surface area (Å²) < 4.78 is 27.3. The average Bonchev–Trinajstić information content (AvgIpc) is 2.98. The zero-order valence-electron chi connectivity index (χ0n) is 26.4. The topological polar surface area (TPSA) is 96.4 Å². The third-order valence-corrected chi connectivity index (χ3v) is 9.36. The molecule has 9 heteroatoms. The van der Waals surface area contributed by atoms with Crippen LogP contribution < -0.4 is 9.80 Å². The van der Waals surface area contributed by atoms with Crippen LogP contribution in [0.5, 0.6) is 0 Å². The maximum absolute atomic E-state index is 15.6. The van der Waals surface area contributed by atoms with Crippen molar-refractivity contribution in [3.8, 4) is 0 Å². The van der Waals surface area contributed by atoms with E-state index in [2.05, 4.69) is 6.92 Å². The summed E-state index contributed by atoms with van der Waals surface area (Å²) in [5, 5.41) is 9.60. The number of carbonyl (C=O) groups is 3. The Kier molecular flexibility index (Phi) is 12.3. The van der Waals surface area contributed by atoms with Crippen molar-refractivity contribution in [2.75, 3.05) is 36.0 Å². The van der Waals surface area contributed by atoms with Crippen LogP contribution in [0.25, 0.3) is 0 Å². The largest absolute Gasteiger partial charge is 0.481 e. The molecule has 1 aromatic rings. The Morgan fingerprint density at radius 2 is 1.67 bits per heavy atom. The number of anilines is 2. The number of piperidine rings is 1. The molecule has 1 fully saturated rings. The number of halogens is 1. The molecule has 3 aliphatic rings. The molecule has 1 saturated heterocycles. The van der Waals surface area contributed by atoms with Gasteiger partial charge in [0.05, 0.1) is 23.6 Å². The summed E-state index contributed by atoms with van der Waals surface area (Å²) in [7, 11) is 0. The molecule has 3 unspecified atom stereocenters. The van der Waals surface area contributed by atoms with Crippen LogP contribution in [-0.4, -0.2) is 67.3 Å². The molecule has 3 heterocycles. The predicted octanol–water partition coefficient (Wildman–Crippen LogP) is 6.70. The molecule has 0 radical (unpaired) electrons. The van der Waals surface area contributed by atoms with Gasteiger partial charge in [-0.3, -0.25) is 14.4 Å². The van der Waals surface area contributed by atoms with Gasteiger partial charge in [-0.2, -0.15) is 0 Å². The highest BCUT2D eigenvalue weighted by atomic mass is 19.1. The van der Waals surface area contributed by atoms with E-state index in [1.54, 1.807) is 0 Å². The Morgan fingerprint density at radius 1 is 1.02 bits per heavy atom. The number of nitrogens with zero attached hydrogens (tertiary/aromatic N) is 2. The van der Waals surface area contributed by atoms with Gasteiger partial charge in [0.1, 0.15) is 18.3 Å². The first kappa shape index (κ1) is 33.2. The molecule has 1 N–H and O–H groups in total. The minimum absolute atomic E-state index is 0.00579. The van der Waals surface area contributed by atoms with Crippen LogP contribution in [0.4, 0.5) is 15.8 Å². The van der Waals surface area contributed by atoms with Crippen LogP contribution in [-0.2, 0) is 25.5 Å². The van der Waals surface area contributed by atoms with Crippen LogP contribution >= 0.6 is 0 Å². The molecule has 0 saturated carbocycles. The number of ether oxygens (including phenoxy) is 2. The van der Waals surface area contributed by atoms with E-state index in [1.165, 1.54) is 51.0 Å². The quantitative estimate of drug-likeness (QED) is 0.127. The van der Waals surface area contributed by atoms with Gasteiger partial charge in [-0.05, 0) is 52.0 Å². The first-order chi connectivity index (χ1) is 20.7. The number of carboxylic acids is 1. The van der Waals surface area contributed by atoms with E-state index in [0.717, 1.165) is 24.8 Å². The maximum atomic E-state index is 15.6. The van der Waals surface area contributed by atoms with Crippen molar-refractivity contribution in [1.82, 2.24) is 0 Å². The van der Waals surface area contributed by atoms with Crippen molar-refractivity contribution >= 4 is 29.1 Å². The Balaban J connectivity index is 1.22. The number of aliphatic carboxylic acids is 1. The molecule has 0 aromatic heterocycles. The average molecular weight is 603 g/mol. The Morgan fingerprint density at radius 3 is 2.33 bits per heavy atom. The fourth-order valence-electron chi connectivity index (χ4n) is 6.88. The standard InChI is InChI=1S/C34H51FN2O6/c1-4-5-6-7-8-9-10-11-12-13-30(38)42-22-24(3)43-25-16-18-36(19-17-25)32-26-15-14-23(2)37-21-28(34(40)41)33(39)27(31(26)37)20-29(32)35/h20,23-25,28H,4-19,21-22H2,1-3H3,(H,40,41). The lowest BCUT2D eigenvalue weighted by Crippen LogP contribution is -2.49. The number of rotatable bonds is 16. The van der Waals surface area contributed by atoms with Crippen molar-refractivity contribution < 1.29 is 33.4 Å². The second-order valence-corrected chi connectivity index (χ2v) is 12.8. The van der Waals surface area contributed by atoms with Crippen molar-refractivity contribution in [3.63, 3.8) is 0 Å². The Bertz CT molecular complexity index is 1120. The molecule has 3 aliphatic heterocycles. The number of unbranched alkanes of at least 4 members (excludes halogenated alkanes) is 8. The zero-order chi connectivity index (χ0) is 30.9. The van der Waals surface area contributed by atoms with E-state index in [4.69, 9.17) is 9.47 Å². The Hall–Kier alpha value is -2.68. The molecule has 0 bridgehead atoms. The number of hydrogen-bond acceptors (Lipinski definition) is 7. The number of carbonyl (C=O) groups excluding carboxylic acids is 2. The minimum atomic E-state index is -1.17. The number of carboxylic acid groups (broad SMARTS) is 1. The summed E-state index contributed by atoms with van der Waals surface area (Å²) >= 11 is 0. The third-order valence-electron chi connectivity index (χ3n) is 9.36. The smallest absolute Gasteiger partial charge is 0.316 e. The van der Waals surface area contributed by atoms with Gasteiger partial charge in [-0.25, -0.2) is 4.39 Å². The van der Waals surface area contributed by atoms with Crippen molar-refractivity contribution in [2.24, 2.45) is 5.92 Å². The van der Waals surface area contributed by atoms with Gasteiger partial charge in [0.15, 0.2) is 5.78 Å². The van der Waals surface area contributed by atoms with Crippen molar-refractivity contribution in [1.29, 1.82) is 0 Å². The van der Waals surface area contributed by atoms with E-state index in [0.29, 0.717) is 50.1 Å². The summed E-state index contributed by atoms with van der Waals surface area (Å²) in [5.74, 6) is -3.47. The molecular weight excluding hydrogens is 551 g/mol. The number of benzene rings is 1. The monoisotopic (exact) mass is 602 g/mol. The van der Waals surface area contributed by atoms with Crippen molar-refractivity contribution in [2.45, 2.75) is 129 Å². The van der Waals surface area contributed by atoms with E-state index in [-0.39, 0.29) is 42.9 Å². The maximum Gasteiger partial charge on any atom is 0.316 e. The second-order valence-electron chi connectivity index (χ2n) is 12.8. The first-order valence-electron chi connectivity index (χ1n) is 16.7. The molecule has 240 valence electrons. The van der Waals surface area contributed by atoms with Crippen molar-refractivity contribution in [3.05, 3.63) is 23.0 Å². The van der Waals surface area contributed by atoms with Gasteiger partial charge in [0.2, 0.25) is 0 Å². The van der Waals surface area contributed by atoms with Crippen LogP contribution in [0.15, 0.2) is 6.07 Å². The van der Waals surface area contributed by atoms with Crippen LogP contribution in [0, 0.1) is 11.7 Å². The highest BCUT2D eigenvalue weighted by molar-refractivity contribution is 6.14. The summed E-state index contributed by atoms with van der Waals surface area (Å²) in [6, 6.07) is 1.34. The zero-order valence-corrected chi connectivity index (χ0v) is 26.4. The first-order valence-corrected chi connectivity index (χ1v) is 16.7. The van der Waals surface area contributed by atoms with Gasteiger partial charge < -0.3 is 24.4 Å². The molecule has 8 nitrogen and oxygen atoms in total. The molecule has 1 aromatic carbocycles. The van der Waals surface area contributed by atoms with E-state index < -0.39 is 23.5 Å². The number of Topliss-reactive ketones (excluding diaryl/α,β-unsaturated/α-hetero) is 1. The highest BCUT2D eigenvalue weighted by Gasteiger charge is 2.43. The van der Waals surface area contributed by atoms with E-state index in [1.807, 2.05) is 23.6 Å².